The molecule has 22 heavy (non-hydrogen) atoms. The standard InChI is InChI=1S/C12H15O4.C2H6.CH5NO2/c1-9-5-4-6-10(12(9)15-3)7-16-8-11(13)14-2;1-2;1-3-4-2/h4-6,8H,7H2,1-3H3;1-2H3;2H2,1H3/q+1;;. The number of methoxy groups -OCH3 is 2. The van der Waals surface area contributed by atoms with Gasteiger partial charge in [-0.3, -0.25) is 0 Å². The summed E-state index contributed by atoms with van der Waals surface area (Å²) in [6.45, 7) is 6.23. The number of aryl methyl sites for hydroxylation is 1. The summed E-state index contributed by atoms with van der Waals surface area (Å²) in [4.78, 5) is 18.2. The Morgan fingerprint density at radius 1 is 1.27 bits per heavy atom. The average Bonchev–Trinajstić information content (AvgIpc) is 2.57. The lowest BCUT2D eigenvalue weighted by Gasteiger charge is -2.05. The van der Waals surface area contributed by atoms with Crippen molar-refractivity contribution in [2.24, 2.45) is 5.90 Å². The van der Waals surface area contributed by atoms with E-state index in [4.69, 9.17) is 9.16 Å². The van der Waals surface area contributed by atoms with Crippen LogP contribution in [-0.4, -0.2) is 33.6 Å². The van der Waals surface area contributed by atoms with E-state index in [2.05, 4.69) is 20.5 Å². The van der Waals surface area contributed by atoms with E-state index in [0.717, 1.165) is 23.2 Å². The van der Waals surface area contributed by atoms with Crippen LogP contribution in [0.15, 0.2) is 18.2 Å². The van der Waals surface area contributed by atoms with Crippen LogP contribution in [0, 0.1) is 6.92 Å². The van der Waals surface area contributed by atoms with Gasteiger partial charge in [0, 0.05) is 0 Å². The molecule has 1 rings (SSSR count). The number of rotatable bonds is 5. The molecule has 0 heterocycles. The van der Waals surface area contributed by atoms with Gasteiger partial charge in [0.05, 0.1) is 26.9 Å². The average molecular weight is 316 g/mol. The third-order valence-corrected chi connectivity index (χ3v) is 2.21. The first-order valence-corrected chi connectivity index (χ1v) is 6.65. The fourth-order valence-electron chi connectivity index (χ4n) is 1.37. The Hall–Kier alpha value is -1.96. The van der Waals surface area contributed by atoms with E-state index in [1.807, 2.05) is 39.0 Å². The van der Waals surface area contributed by atoms with Gasteiger partial charge >= 0.3 is 12.3 Å². The van der Waals surface area contributed by atoms with Crippen molar-refractivity contribution in [1.82, 2.24) is 0 Å². The molecule has 0 aromatic heterocycles. The molecule has 1 aromatic carbocycles. The van der Waals surface area contributed by atoms with E-state index in [1.54, 1.807) is 7.11 Å². The summed E-state index contributed by atoms with van der Waals surface area (Å²) in [7, 11) is 4.24. The summed E-state index contributed by atoms with van der Waals surface area (Å²) in [6.07, 6.45) is 1.04. The molecule has 0 radical (unpaired) electrons. The highest BCUT2D eigenvalue weighted by atomic mass is 17.3. The van der Waals surface area contributed by atoms with Gasteiger partial charge in [0.15, 0.2) is 0 Å². The molecule has 2 N–H and O–H groups in total. The van der Waals surface area contributed by atoms with Crippen molar-refractivity contribution in [2.75, 3.05) is 21.3 Å². The molecule has 7 heteroatoms. The molecule has 0 saturated carbocycles. The van der Waals surface area contributed by atoms with Crippen LogP contribution in [-0.2, 0) is 30.4 Å². The number of hydrogen-bond donors (Lipinski definition) is 1. The molecule has 0 aliphatic rings. The van der Waals surface area contributed by atoms with Crippen molar-refractivity contribution in [3.8, 4) is 5.75 Å². The van der Waals surface area contributed by atoms with Gasteiger partial charge in [0.1, 0.15) is 5.75 Å². The molecular formula is C15H26NO6+. The van der Waals surface area contributed by atoms with Crippen LogP contribution < -0.4 is 10.6 Å². The van der Waals surface area contributed by atoms with Crippen LogP contribution in [0.5, 0.6) is 5.75 Å². The highest BCUT2D eigenvalue weighted by Gasteiger charge is 2.10. The number of aldehydes is 1. The largest absolute Gasteiger partial charge is 0.496 e. The fraction of sp³-hybridized carbons (Fsp3) is 0.467. The van der Waals surface area contributed by atoms with Crippen LogP contribution in [0.25, 0.3) is 0 Å². The SMILES string of the molecule is CC.COC(=O)C=[O+]Cc1cccc(C)c1OC.COON. The monoisotopic (exact) mass is 316 g/mol. The molecule has 0 amide bonds. The predicted molar refractivity (Wildman–Crippen MR) is 83.1 cm³/mol. The minimum atomic E-state index is -0.508. The van der Waals surface area contributed by atoms with Crippen LogP contribution in [0.1, 0.15) is 25.0 Å². The van der Waals surface area contributed by atoms with Crippen molar-refractivity contribution < 1.29 is 28.6 Å². The molecule has 0 saturated heterocycles. The lowest BCUT2D eigenvalue weighted by atomic mass is 10.1. The van der Waals surface area contributed by atoms with E-state index in [-0.39, 0.29) is 6.61 Å². The van der Waals surface area contributed by atoms with Gasteiger partial charge in [0.2, 0.25) is 0 Å². The van der Waals surface area contributed by atoms with Crippen LogP contribution in [0.4, 0.5) is 0 Å². The molecule has 0 unspecified atom stereocenters. The van der Waals surface area contributed by atoms with Crippen LogP contribution in [0.2, 0.25) is 0 Å². The van der Waals surface area contributed by atoms with Crippen LogP contribution in [0.3, 0.4) is 0 Å². The number of ether oxygens (including phenoxy) is 2. The molecule has 1 aromatic rings. The van der Waals surface area contributed by atoms with Crippen molar-refractivity contribution in [1.29, 1.82) is 0 Å². The Labute approximate surface area is 131 Å². The summed E-state index contributed by atoms with van der Waals surface area (Å²) >= 11 is 0. The van der Waals surface area contributed by atoms with E-state index in [9.17, 15) is 4.79 Å². The molecule has 7 nitrogen and oxygen atoms in total. The van der Waals surface area contributed by atoms with Gasteiger partial charge in [-0.2, -0.15) is 5.90 Å². The first kappa shape index (κ1) is 22.3. The van der Waals surface area contributed by atoms with Gasteiger partial charge in [0.25, 0.3) is 6.61 Å². The highest BCUT2D eigenvalue weighted by molar-refractivity contribution is 6.20. The van der Waals surface area contributed by atoms with E-state index < -0.39 is 5.97 Å². The Morgan fingerprint density at radius 2 is 1.86 bits per heavy atom. The zero-order valence-corrected chi connectivity index (χ0v) is 14.0. The van der Waals surface area contributed by atoms with Crippen molar-refractivity contribution in [2.45, 2.75) is 27.4 Å². The van der Waals surface area contributed by atoms with Gasteiger partial charge in [-0.15, -0.1) is 4.99 Å². The van der Waals surface area contributed by atoms with Crippen molar-refractivity contribution in [3.63, 3.8) is 0 Å². The van der Waals surface area contributed by atoms with E-state index in [0.29, 0.717) is 0 Å². The number of esters is 1. The summed E-state index contributed by atoms with van der Waals surface area (Å²) in [5.41, 5.74) is 1.92. The van der Waals surface area contributed by atoms with Crippen molar-refractivity contribution >= 4 is 12.3 Å². The fourth-order valence-corrected chi connectivity index (χ4v) is 1.37. The normalized spacial score (nSPS) is 9.23. The van der Waals surface area contributed by atoms with Gasteiger partial charge in [-0.1, -0.05) is 26.0 Å². The minimum Gasteiger partial charge on any atom is -0.496 e. The summed E-state index contributed by atoms with van der Waals surface area (Å²) in [6, 6.07) is 5.75. The summed E-state index contributed by atoms with van der Waals surface area (Å²) in [5, 5.41) is 0. The molecule has 0 aliphatic heterocycles. The number of carbonyl (C=O) groups excluding carboxylic acids is 2. The molecule has 0 bridgehead atoms. The Morgan fingerprint density at radius 3 is 2.32 bits per heavy atom. The topological polar surface area (TPSA) is 91.3 Å². The maximum absolute atomic E-state index is 10.8. The number of benzene rings is 1. The second-order valence-corrected chi connectivity index (χ2v) is 3.48. The lowest BCUT2D eigenvalue weighted by Crippen LogP contribution is -2.04. The Balaban J connectivity index is 0. The molecule has 0 spiro atoms. The van der Waals surface area contributed by atoms with Gasteiger partial charge in [-0.05, 0) is 18.6 Å². The maximum atomic E-state index is 10.8. The number of carbonyl (C=O) groups is 1. The quantitative estimate of drug-likeness (QED) is 0.223. The first-order chi connectivity index (χ1) is 10.6. The third kappa shape index (κ3) is 9.87. The van der Waals surface area contributed by atoms with E-state index in [1.165, 1.54) is 14.2 Å². The third-order valence-electron chi connectivity index (χ3n) is 2.21. The van der Waals surface area contributed by atoms with E-state index >= 15 is 0 Å². The highest BCUT2D eigenvalue weighted by Crippen LogP contribution is 2.22. The predicted octanol–water partition coefficient (Wildman–Crippen LogP) is 1.88. The Bertz CT molecular complexity index is 432. The van der Waals surface area contributed by atoms with Gasteiger partial charge in [-0.25, -0.2) is 14.1 Å². The molecular weight excluding hydrogens is 290 g/mol. The molecule has 0 aliphatic carbocycles. The minimum absolute atomic E-state index is 0.278. The zero-order chi connectivity index (χ0) is 17.4. The first-order valence-electron chi connectivity index (χ1n) is 6.65. The molecule has 126 valence electrons. The van der Waals surface area contributed by atoms with Crippen molar-refractivity contribution in [3.05, 3.63) is 29.3 Å². The number of nitrogens with two attached hydrogens (primary N) is 1. The lowest BCUT2D eigenvalue weighted by molar-refractivity contribution is -0.469. The zero-order valence-electron chi connectivity index (χ0n) is 14.0. The Kier molecular flexibility index (Phi) is 15.7. The van der Waals surface area contributed by atoms with Crippen LogP contribution >= 0.6 is 0 Å². The smallest absolute Gasteiger partial charge is 0.428 e. The molecule has 0 atom stereocenters. The summed E-state index contributed by atoms with van der Waals surface area (Å²) < 4.78 is 14.8. The summed E-state index contributed by atoms with van der Waals surface area (Å²) in [5.74, 6) is 4.58. The van der Waals surface area contributed by atoms with Gasteiger partial charge < -0.3 is 9.47 Å². The number of hydrogen-bond acceptors (Lipinski definition) is 6. The number of para-hydroxylation sites is 1. The maximum Gasteiger partial charge on any atom is 0.428 e. The second kappa shape index (κ2) is 15.4. The molecule has 0 fully saturated rings. The second-order valence-electron chi connectivity index (χ2n) is 3.48.